The third kappa shape index (κ3) is 3.80. The largest absolute Gasteiger partial charge is 0.380 e. The van der Waals surface area contributed by atoms with Gasteiger partial charge in [-0.3, -0.25) is 4.79 Å². The number of ether oxygens (including phenoxy) is 1. The third-order valence-electron chi connectivity index (χ3n) is 2.56. The highest BCUT2D eigenvalue weighted by atomic mass is 16.5. The first-order valence-corrected chi connectivity index (χ1v) is 5.54. The summed E-state index contributed by atoms with van der Waals surface area (Å²) >= 11 is 0. The standard InChI is InChI=1S/C11H22N2O2/c1-8(2)13-10(14)9(3)12-5-11(4)6-15-7-11/h8-9,12H,5-7H2,1-4H3,(H,13,14). The molecule has 0 aromatic carbocycles. The van der Waals surface area contributed by atoms with Crippen molar-refractivity contribution in [2.75, 3.05) is 19.8 Å². The fourth-order valence-electron chi connectivity index (χ4n) is 1.45. The van der Waals surface area contributed by atoms with Gasteiger partial charge in [0.2, 0.25) is 5.91 Å². The lowest BCUT2D eigenvalue weighted by molar-refractivity contribution is -0.125. The van der Waals surface area contributed by atoms with Gasteiger partial charge in [-0.25, -0.2) is 0 Å². The predicted molar refractivity (Wildman–Crippen MR) is 59.7 cm³/mol. The monoisotopic (exact) mass is 214 g/mol. The molecule has 4 heteroatoms. The summed E-state index contributed by atoms with van der Waals surface area (Å²) in [6.07, 6.45) is 0. The number of nitrogens with one attached hydrogen (secondary N) is 2. The predicted octanol–water partition coefficient (Wildman–Crippen LogP) is 0.526. The van der Waals surface area contributed by atoms with E-state index in [-0.39, 0.29) is 23.4 Å². The molecule has 1 aliphatic heterocycles. The van der Waals surface area contributed by atoms with Crippen molar-refractivity contribution in [2.24, 2.45) is 5.41 Å². The fraction of sp³-hybridized carbons (Fsp3) is 0.909. The van der Waals surface area contributed by atoms with Crippen LogP contribution in [-0.2, 0) is 9.53 Å². The van der Waals surface area contributed by atoms with Crippen LogP contribution in [0.25, 0.3) is 0 Å². The summed E-state index contributed by atoms with van der Waals surface area (Å²) in [5.41, 5.74) is 0.215. The SMILES string of the molecule is CC(C)NC(=O)C(C)NCC1(C)COC1. The highest BCUT2D eigenvalue weighted by molar-refractivity contribution is 5.81. The molecule has 0 saturated carbocycles. The van der Waals surface area contributed by atoms with E-state index >= 15 is 0 Å². The third-order valence-corrected chi connectivity index (χ3v) is 2.56. The van der Waals surface area contributed by atoms with Crippen LogP contribution in [0.1, 0.15) is 27.7 Å². The minimum absolute atomic E-state index is 0.0637. The van der Waals surface area contributed by atoms with Crippen LogP contribution in [0, 0.1) is 5.41 Å². The van der Waals surface area contributed by atoms with E-state index in [0.29, 0.717) is 0 Å². The van der Waals surface area contributed by atoms with Gasteiger partial charge in [0.15, 0.2) is 0 Å². The molecule has 88 valence electrons. The van der Waals surface area contributed by atoms with Gasteiger partial charge in [0.1, 0.15) is 0 Å². The number of carbonyl (C=O) groups excluding carboxylic acids is 1. The first-order chi connectivity index (χ1) is 6.93. The van der Waals surface area contributed by atoms with Crippen molar-refractivity contribution in [3.8, 4) is 0 Å². The van der Waals surface area contributed by atoms with Crippen molar-refractivity contribution in [2.45, 2.75) is 39.8 Å². The summed E-state index contributed by atoms with van der Waals surface area (Å²) < 4.78 is 5.15. The molecule has 1 atom stereocenters. The Morgan fingerprint density at radius 1 is 1.40 bits per heavy atom. The number of carbonyl (C=O) groups is 1. The summed E-state index contributed by atoms with van der Waals surface area (Å²) in [4.78, 5) is 11.6. The lowest BCUT2D eigenvalue weighted by Gasteiger charge is -2.38. The van der Waals surface area contributed by atoms with Gasteiger partial charge in [0.05, 0.1) is 19.3 Å². The van der Waals surface area contributed by atoms with Gasteiger partial charge in [0.25, 0.3) is 0 Å². The van der Waals surface area contributed by atoms with E-state index in [2.05, 4.69) is 17.6 Å². The number of hydrogen-bond acceptors (Lipinski definition) is 3. The van der Waals surface area contributed by atoms with E-state index in [4.69, 9.17) is 4.74 Å². The Kier molecular flexibility index (Phi) is 4.11. The van der Waals surface area contributed by atoms with Crippen LogP contribution >= 0.6 is 0 Å². The quantitative estimate of drug-likeness (QED) is 0.701. The van der Waals surface area contributed by atoms with E-state index in [1.807, 2.05) is 20.8 Å². The van der Waals surface area contributed by atoms with E-state index in [1.165, 1.54) is 0 Å². The Hall–Kier alpha value is -0.610. The van der Waals surface area contributed by atoms with Crippen molar-refractivity contribution in [3.63, 3.8) is 0 Å². The minimum atomic E-state index is -0.134. The molecular weight excluding hydrogens is 192 g/mol. The van der Waals surface area contributed by atoms with Crippen LogP contribution in [0.3, 0.4) is 0 Å². The van der Waals surface area contributed by atoms with Gasteiger partial charge in [0, 0.05) is 18.0 Å². The van der Waals surface area contributed by atoms with Crippen molar-refractivity contribution >= 4 is 5.91 Å². The molecule has 2 N–H and O–H groups in total. The summed E-state index contributed by atoms with van der Waals surface area (Å²) in [6.45, 7) is 10.4. The maximum Gasteiger partial charge on any atom is 0.237 e. The molecule has 15 heavy (non-hydrogen) atoms. The highest BCUT2D eigenvalue weighted by Crippen LogP contribution is 2.25. The molecule has 0 aromatic heterocycles. The summed E-state index contributed by atoms with van der Waals surface area (Å²) in [5, 5.41) is 6.12. The summed E-state index contributed by atoms with van der Waals surface area (Å²) in [7, 11) is 0. The molecule has 0 aliphatic carbocycles. The maximum atomic E-state index is 11.6. The summed E-state index contributed by atoms with van der Waals surface area (Å²) in [5.74, 6) is 0.0637. The molecule has 1 rings (SSSR count). The molecule has 0 bridgehead atoms. The maximum absolute atomic E-state index is 11.6. The zero-order valence-corrected chi connectivity index (χ0v) is 10.1. The average Bonchev–Trinajstić information content (AvgIpc) is 2.10. The molecule has 1 amide bonds. The zero-order valence-electron chi connectivity index (χ0n) is 10.1. The van der Waals surface area contributed by atoms with E-state index in [9.17, 15) is 4.79 Å². The number of rotatable bonds is 5. The topological polar surface area (TPSA) is 50.4 Å². The number of hydrogen-bond donors (Lipinski definition) is 2. The molecule has 1 aliphatic rings. The average molecular weight is 214 g/mol. The summed E-state index contributed by atoms with van der Waals surface area (Å²) in [6, 6.07) is 0.0641. The molecule has 0 aromatic rings. The van der Waals surface area contributed by atoms with E-state index < -0.39 is 0 Å². The Balaban J connectivity index is 2.22. The van der Waals surface area contributed by atoms with Crippen LogP contribution in [0.2, 0.25) is 0 Å². The molecule has 1 heterocycles. The van der Waals surface area contributed by atoms with Crippen LogP contribution in [0.5, 0.6) is 0 Å². The first-order valence-electron chi connectivity index (χ1n) is 5.54. The molecule has 0 spiro atoms. The van der Waals surface area contributed by atoms with Gasteiger partial charge in [-0.2, -0.15) is 0 Å². The van der Waals surface area contributed by atoms with Gasteiger partial charge in [-0.05, 0) is 20.8 Å². The van der Waals surface area contributed by atoms with Crippen molar-refractivity contribution in [1.82, 2.24) is 10.6 Å². The van der Waals surface area contributed by atoms with Crippen LogP contribution in [0.15, 0.2) is 0 Å². The van der Waals surface area contributed by atoms with E-state index in [0.717, 1.165) is 19.8 Å². The smallest absolute Gasteiger partial charge is 0.237 e. The van der Waals surface area contributed by atoms with Gasteiger partial charge >= 0.3 is 0 Å². The highest BCUT2D eigenvalue weighted by Gasteiger charge is 2.33. The Labute approximate surface area is 91.8 Å². The Morgan fingerprint density at radius 2 is 2.00 bits per heavy atom. The van der Waals surface area contributed by atoms with E-state index in [1.54, 1.807) is 0 Å². The lowest BCUT2D eigenvalue weighted by atomic mass is 9.88. The Bertz CT molecular complexity index is 225. The van der Waals surface area contributed by atoms with Crippen molar-refractivity contribution < 1.29 is 9.53 Å². The molecular formula is C11H22N2O2. The first kappa shape index (κ1) is 12.5. The molecule has 0 radical (unpaired) electrons. The van der Waals surface area contributed by atoms with Crippen LogP contribution in [0.4, 0.5) is 0 Å². The zero-order chi connectivity index (χ0) is 11.5. The molecule has 1 unspecified atom stereocenters. The Morgan fingerprint density at radius 3 is 2.40 bits per heavy atom. The van der Waals surface area contributed by atoms with Gasteiger partial charge in [-0.15, -0.1) is 0 Å². The second-order valence-electron chi connectivity index (χ2n) is 5.07. The second-order valence-corrected chi connectivity index (χ2v) is 5.07. The number of amides is 1. The fourth-order valence-corrected chi connectivity index (χ4v) is 1.45. The normalized spacial score (nSPS) is 20.9. The molecule has 1 fully saturated rings. The van der Waals surface area contributed by atoms with Crippen molar-refractivity contribution in [3.05, 3.63) is 0 Å². The van der Waals surface area contributed by atoms with Gasteiger partial charge < -0.3 is 15.4 Å². The van der Waals surface area contributed by atoms with Crippen LogP contribution < -0.4 is 10.6 Å². The van der Waals surface area contributed by atoms with Crippen molar-refractivity contribution in [1.29, 1.82) is 0 Å². The molecule has 1 saturated heterocycles. The van der Waals surface area contributed by atoms with Crippen LogP contribution in [-0.4, -0.2) is 37.7 Å². The minimum Gasteiger partial charge on any atom is -0.380 e. The van der Waals surface area contributed by atoms with Gasteiger partial charge in [-0.1, -0.05) is 6.92 Å². The second kappa shape index (κ2) is 4.94. The lowest BCUT2D eigenvalue weighted by Crippen LogP contribution is -2.52. The molecule has 4 nitrogen and oxygen atoms in total.